The molecule has 14 heavy (non-hydrogen) atoms. The van der Waals surface area contributed by atoms with Gasteiger partial charge in [0.1, 0.15) is 0 Å². The SMILES string of the molecule is O=C(O)C(O)(O)CCc1ccccc1. The maximum absolute atomic E-state index is 10.3. The first kappa shape index (κ1) is 10.7. The van der Waals surface area contributed by atoms with Crippen molar-refractivity contribution in [3.63, 3.8) is 0 Å². The fraction of sp³-hybridized carbons (Fsp3) is 0.300. The van der Waals surface area contributed by atoms with Crippen molar-refractivity contribution in [3.05, 3.63) is 35.9 Å². The normalized spacial score (nSPS) is 11.3. The van der Waals surface area contributed by atoms with Gasteiger partial charge in [-0.25, -0.2) is 4.79 Å². The molecule has 0 aliphatic carbocycles. The van der Waals surface area contributed by atoms with E-state index in [1.807, 2.05) is 18.2 Å². The number of aliphatic carboxylic acids is 1. The first-order chi connectivity index (χ1) is 6.52. The van der Waals surface area contributed by atoms with Gasteiger partial charge in [0.2, 0.25) is 0 Å². The topological polar surface area (TPSA) is 77.8 Å². The highest BCUT2D eigenvalue weighted by molar-refractivity contribution is 5.74. The summed E-state index contributed by atoms with van der Waals surface area (Å²) in [5.74, 6) is -4.25. The van der Waals surface area contributed by atoms with E-state index in [0.717, 1.165) is 5.56 Å². The molecule has 0 spiro atoms. The highest BCUT2D eigenvalue weighted by Gasteiger charge is 2.32. The van der Waals surface area contributed by atoms with Gasteiger partial charge in [-0.3, -0.25) is 0 Å². The summed E-state index contributed by atoms with van der Waals surface area (Å²) < 4.78 is 0. The van der Waals surface area contributed by atoms with Gasteiger partial charge in [-0.15, -0.1) is 0 Å². The first-order valence-corrected chi connectivity index (χ1v) is 4.24. The number of aliphatic hydroxyl groups is 2. The van der Waals surface area contributed by atoms with Crippen LogP contribution in [0.5, 0.6) is 0 Å². The van der Waals surface area contributed by atoms with Crippen LogP contribution in [0.25, 0.3) is 0 Å². The molecule has 0 bridgehead atoms. The van der Waals surface area contributed by atoms with Crippen molar-refractivity contribution in [1.29, 1.82) is 0 Å². The molecule has 0 aliphatic heterocycles. The van der Waals surface area contributed by atoms with Gasteiger partial charge in [-0.1, -0.05) is 30.3 Å². The van der Waals surface area contributed by atoms with Crippen LogP contribution in [0.15, 0.2) is 30.3 Å². The van der Waals surface area contributed by atoms with E-state index in [2.05, 4.69) is 0 Å². The lowest BCUT2D eigenvalue weighted by atomic mass is 10.1. The third-order valence-electron chi connectivity index (χ3n) is 1.95. The molecular formula is C10H12O4. The van der Waals surface area contributed by atoms with Crippen molar-refractivity contribution in [2.24, 2.45) is 0 Å². The first-order valence-electron chi connectivity index (χ1n) is 4.24. The van der Waals surface area contributed by atoms with Gasteiger partial charge in [-0.2, -0.15) is 0 Å². The second-order valence-electron chi connectivity index (χ2n) is 3.11. The summed E-state index contributed by atoms with van der Waals surface area (Å²) in [6.07, 6.45) is 0.104. The Balaban J connectivity index is 2.53. The third kappa shape index (κ3) is 2.83. The predicted molar refractivity (Wildman–Crippen MR) is 49.6 cm³/mol. The van der Waals surface area contributed by atoms with E-state index in [0.29, 0.717) is 6.42 Å². The fourth-order valence-electron chi connectivity index (χ4n) is 1.07. The second kappa shape index (κ2) is 4.21. The summed E-state index contributed by atoms with van der Waals surface area (Å²) in [4.78, 5) is 10.3. The van der Waals surface area contributed by atoms with Gasteiger partial charge in [0.25, 0.3) is 5.79 Å². The van der Waals surface area contributed by atoms with Gasteiger partial charge >= 0.3 is 5.97 Å². The molecule has 0 saturated carbocycles. The number of rotatable bonds is 4. The Morgan fingerprint density at radius 1 is 1.21 bits per heavy atom. The molecule has 0 saturated heterocycles. The number of hydrogen-bond acceptors (Lipinski definition) is 3. The quantitative estimate of drug-likeness (QED) is 0.608. The molecule has 0 radical (unpaired) electrons. The Kier molecular flexibility index (Phi) is 3.22. The highest BCUT2D eigenvalue weighted by Crippen LogP contribution is 2.11. The third-order valence-corrected chi connectivity index (χ3v) is 1.95. The summed E-state index contributed by atoms with van der Waals surface area (Å²) in [5, 5.41) is 26.4. The highest BCUT2D eigenvalue weighted by atomic mass is 16.5. The maximum Gasteiger partial charge on any atom is 0.364 e. The van der Waals surface area contributed by atoms with Crippen LogP contribution in [0.1, 0.15) is 12.0 Å². The molecule has 0 aromatic heterocycles. The predicted octanol–water partition coefficient (Wildman–Crippen LogP) is 0.385. The molecule has 76 valence electrons. The Labute approximate surface area is 81.4 Å². The smallest absolute Gasteiger partial charge is 0.364 e. The molecule has 4 heteroatoms. The lowest BCUT2D eigenvalue weighted by Gasteiger charge is -2.15. The molecule has 1 aromatic carbocycles. The van der Waals surface area contributed by atoms with E-state index in [9.17, 15) is 4.79 Å². The molecule has 0 heterocycles. The van der Waals surface area contributed by atoms with Crippen molar-refractivity contribution in [3.8, 4) is 0 Å². The van der Waals surface area contributed by atoms with E-state index in [4.69, 9.17) is 15.3 Å². The largest absolute Gasteiger partial charge is 0.477 e. The summed E-state index contributed by atoms with van der Waals surface area (Å²) in [6, 6.07) is 9.07. The maximum atomic E-state index is 10.3. The van der Waals surface area contributed by atoms with Gasteiger partial charge in [0.05, 0.1) is 0 Å². The standard InChI is InChI=1S/C10H12O4/c11-9(12)10(13,14)7-6-8-4-2-1-3-5-8/h1-5,13-14H,6-7H2,(H,11,12). The Morgan fingerprint density at radius 3 is 2.29 bits per heavy atom. The van der Waals surface area contributed by atoms with E-state index < -0.39 is 11.8 Å². The lowest BCUT2D eigenvalue weighted by molar-refractivity contribution is -0.205. The van der Waals surface area contributed by atoms with Gasteiger partial charge < -0.3 is 15.3 Å². The number of benzene rings is 1. The van der Waals surface area contributed by atoms with E-state index in [1.165, 1.54) is 0 Å². The molecule has 1 rings (SSSR count). The zero-order valence-electron chi connectivity index (χ0n) is 7.55. The van der Waals surface area contributed by atoms with Crippen LogP contribution in [0.4, 0.5) is 0 Å². The zero-order chi connectivity index (χ0) is 10.6. The van der Waals surface area contributed by atoms with Crippen molar-refractivity contribution in [1.82, 2.24) is 0 Å². The van der Waals surface area contributed by atoms with Gasteiger partial charge in [0.15, 0.2) is 0 Å². The average molecular weight is 196 g/mol. The number of carboxylic acid groups (broad SMARTS) is 1. The number of carboxylic acids is 1. The molecule has 0 fully saturated rings. The summed E-state index contributed by atoms with van der Waals surface area (Å²) in [7, 11) is 0. The molecule has 0 atom stereocenters. The van der Waals surface area contributed by atoms with Crippen LogP contribution in [0.2, 0.25) is 0 Å². The fourth-order valence-corrected chi connectivity index (χ4v) is 1.07. The van der Waals surface area contributed by atoms with Gasteiger partial charge in [0, 0.05) is 6.42 Å². The molecule has 3 N–H and O–H groups in total. The monoisotopic (exact) mass is 196 g/mol. The number of carbonyl (C=O) groups is 1. The van der Waals surface area contributed by atoms with Crippen LogP contribution in [-0.4, -0.2) is 27.1 Å². The molecule has 4 nitrogen and oxygen atoms in total. The van der Waals surface area contributed by atoms with E-state index in [-0.39, 0.29) is 6.42 Å². The Hall–Kier alpha value is -1.39. The second-order valence-corrected chi connectivity index (χ2v) is 3.11. The van der Waals surface area contributed by atoms with Crippen molar-refractivity contribution in [2.75, 3.05) is 0 Å². The van der Waals surface area contributed by atoms with Crippen LogP contribution < -0.4 is 0 Å². The summed E-state index contributed by atoms with van der Waals surface area (Å²) in [5.41, 5.74) is 0.876. The minimum Gasteiger partial charge on any atom is -0.477 e. The molecule has 0 unspecified atom stereocenters. The number of hydrogen-bond donors (Lipinski definition) is 3. The summed E-state index contributed by atoms with van der Waals surface area (Å²) in [6.45, 7) is 0. The van der Waals surface area contributed by atoms with Crippen LogP contribution in [-0.2, 0) is 11.2 Å². The van der Waals surface area contributed by atoms with Crippen LogP contribution in [0.3, 0.4) is 0 Å². The molecular weight excluding hydrogens is 184 g/mol. The minimum absolute atomic E-state index is 0.216. The van der Waals surface area contributed by atoms with Crippen molar-refractivity contribution < 1.29 is 20.1 Å². The van der Waals surface area contributed by atoms with Crippen LogP contribution >= 0.6 is 0 Å². The minimum atomic E-state index is -2.63. The van der Waals surface area contributed by atoms with E-state index in [1.54, 1.807) is 12.1 Å². The van der Waals surface area contributed by atoms with E-state index >= 15 is 0 Å². The van der Waals surface area contributed by atoms with Crippen LogP contribution in [0, 0.1) is 0 Å². The van der Waals surface area contributed by atoms with Gasteiger partial charge in [-0.05, 0) is 12.0 Å². The molecule has 0 amide bonds. The summed E-state index contributed by atoms with van der Waals surface area (Å²) >= 11 is 0. The van der Waals surface area contributed by atoms with Crippen molar-refractivity contribution >= 4 is 5.97 Å². The molecule has 1 aromatic rings. The van der Waals surface area contributed by atoms with Crippen molar-refractivity contribution in [2.45, 2.75) is 18.6 Å². The Morgan fingerprint density at radius 2 is 1.79 bits per heavy atom. The molecule has 0 aliphatic rings. The average Bonchev–Trinajstić information content (AvgIpc) is 2.16. The lowest BCUT2D eigenvalue weighted by Crippen LogP contribution is -2.38. The number of aryl methyl sites for hydroxylation is 1. The zero-order valence-corrected chi connectivity index (χ0v) is 7.55. The Bertz CT molecular complexity index is 305.